The molecule has 0 unspecified atom stereocenters. The number of amides is 3. The van der Waals surface area contributed by atoms with Gasteiger partial charge in [0.2, 0.25) is 0 Å². The molecule has 1 saturated heterocycles. The van der Waals surface area contributed by atoms with E-state index in [1.54, 1.807) is 13.0 Å². The molecule has 2 aromatic rings. The number of benzene rings is 2. The van der Waals surface area contributed by atoms with E-state index in [1.165, 1.54) is 18.2 Å². The van der Waals surface area contributed by atoms with E-state index in [-0.39, 0.29) is 5.69 Å². The summed E-state index contributed by atoms with van der Waals surface area (Å²) >= 11 is 0. The van der Waals surface area contributed by atoms with Crippen molar-refractivity contribution in [1.82, 2.24) is 10.6 Å². The van der Waals surface area contributed by atoms with E-state index in [0.29, 0.717) is 30.2 Å². The topological polar surface area (TPSA) is 126 Å². The van der Waals surface area contributed by atoms with E-state index in [1.807, 2.05) is 24.3 Å². The molecule has 2 aliphatic heterocycles. The molecule has 3 amide bonds. The second kappa shape index (κ2) is 9.06. The summed E-state index contributed by atoms with van der Waals surface area (Å²) in [5.41, 5.74) is 2.71. The van der Waals surface area contributed by atoms with Gasteiger partial charge in [0.15, 0.2) is 0 Å². The molecule has 2 aliphatic rings. The molecule has 10 nitrogen and oxygen atoms in total. The Hall–Kier alpha value is -3.92. The van der Waals surface area contributed by atoms with Crippen LogP contribution in [0.15, 0.2) is 59.8 Å². The SMILES string of the molecule is CC1=C(C(=O)Nc2cccc([N+](=O)[O-])c2)[C@@H](c2ccc(N3CCOCC3)cc2)NC(=O)N1. The molecule has 0 radical (unpaired) electrons. The van der Waals surface area contributed by atoms with E-state index < -0.39 is 22.9 Å². The number of hydrogen-bond acceptors (Lipinski definition) is 6. The highest BCUT2D eigenvalue weighted by molar-refractivity contribution is 6.06. The molecule has 10 heteroatoms. The van der Waals surface area contributed by atoms with Crippen LogP contribution in [0.5, 0.6) is 0 Å². The van der Waals surface area contributed by atoms with Crippen molar-refractivity contribution in [2.45, 2.75) is 13.0 Å². The lowest BCUT2D eigenvalue weighted by Gasteiger charge is -2.31. The second-order valence-electron chi connectivity index (χ2n) is 7.52. The number of rotatable bonds is 5. The lowest BCUT2D eigenvalue weighted by Crippen LogP contribution is -2.46. The van der Waals surface area contributed by atoms with Crippen LogP contribution < -0.4 is 20.9 Å². The maximum absolute atomic E-state index is 13.1. The first-order valence-corrected chi connectivity index (χ1v) is 10.2. The van der Waals surface area contributed by atoms with Crippen molar-refractivity contribution in [3.8, 4) is 0 Å². The Morgan fingerprint density at radius 3 is 2.59 bits per heavy atom. The summed E-state index contributed by atoms with van der Waals surface area (Å²) in [6, 6.07) is 12.3. The molecule has 1 atom stereocenters. The fourth-order valence-electron chi connectivity index (χ4n) is 3.84. The van der Waals surface area contributed by atoms with Gasteiger partial charge in [0, 0.05) is 42.3 Å². The van der Waals surface area contributed by atoms with Gasteiger partial charge in [-0.05, 0) is 30.7 Å². The molecule has 0 spiro atoms. The van der Waals surface area contributed by atoms with Crippen LogP contribution in [0.3, 0.4) is 0 Å². The molecule has 0 saturated carbocycles. The number of morpholine rings is 1. The monoisotopic (exact) mass is 437 g/mol. The lowest BCUT2D eigenvalue weighted by molar-refractivity contribution is -0.384. The average Bonchev–Trinajstić information content (AvgIpc) is 2.79. The van der Waals surface area contributed by atoms with Crippen LogP contribution in [0, 0.1) is 10.1 Å². The van der Waals surface area contributed by atoms with Gasteiger partial charge in [-0.2, -0.15) is 0 Å². The fourth-order valence-corrected chi connectivity index (χ4v) is 3.84. The number of urea groups is 1. The first-order chi connectivity index (χ1) is 15.4. The highest BCUT2D eigenvalue weighted by Crippen LogP contribution is 2.30. The molecular formula is C22H23N5O5. The third-order valence-corrected chi connectivity index (χ3v) is 5.43. The Morgan fingerprint density at radius 1 is 1.19 bits per heavy atom. The largest absolute Gasteiger partial charge is 0.378 e. The number of carbonyl (C=O) groups is 2. The molecule has 2 heterocycles. The van der Waals surface area contributed by atoms with E-state index in [0.717, 1.165) is 24.3 Å². The maximum Gasteiger partial charge on any atom is 0.319 e. The predicted molar refractivity (Wildman–Crippen MR) is 118 cm³/mol. The smallest absolute Gasteiger partial charge is 0.319 e. The number of nitrogens with zero attached hydrogens (tertiary/aromatic N) is 2. The number of non-ortho nitro benzene ring substituents is 1. The Bertz CT molecular complexity index is 1080. The zero-order valence-corrected chi connectivity index (χ0v) is 17.5. The Kier molecular flexibility index (Phi) is 6.04. The number of anilines is 2. The van der Waals surface area contributed by atoms with Gasteiger partial charge in [0.1, 0.15) is 0 Å². The average molecular weight is 437 g/mol. The molecule has 2 aromatic carbocycles. The summed E-state index contributed by atoms with van der Waals surface area (Å²) in [6.45, 7) is 4.61. The fraction of sp³-hybridized carbons (Fsp3) is 0.273. The quantitative estimate of drug-likeness (QED) is 0.488. The normalized spacial score (nSPS) is 18.6. The molecule has 166 valence electrons. The first kappa shape index (κ1) is 21.3. The van der Waals surface area contributed by atoms with Crippen LogP contribution in [-0.4, -0.2) is 43.2 Å². The molecule has 0 aromatic heterocycles. The maximum atomic E-state index is 13.1. The van der Waals surface area contributed by atoms with Crippen molar-refractivity contribution in [2.75, 3.05) is 36.5 Å². The number of nitrogens with one attached hydrogen (secondary N) is 3. The number of carbonyl (C=O) groups excluding carboxylic acids is 2. The van der Waals surface area contributed by atoms with Crippen LogP contribution in [0.1, 0.15) is 18.5 Å². The predicted octanol–water partition coefficient (Wildman–Crippen LogP) is 2.70. The Balaban J connectivity index is 1.58. The molecule has 32 heavy (non-hydrogen) atoms. The number of allylic oxidation sites excluding steroid dienone is 1. The van der Waals surface area contributed by atoms with Crippen LogP contribution in [0.2, 0.25) is 0 Å². The summed E-state index contributed by atoms with van der Waals surface area (Å²) in [6.07, 6.45) is 0. The molecule has 1 fully saturated rings. The Labute approximate surface area is 184 Å². The van der Waals surface area contributed by atoms with Crippen LogP contribution >= 0.6 is 0 Å². The van der Waals surface area contributed by atoms with Crippen molar-refractivity contribution in [3.63, 3.8) is 0 Å². The van der Waals surface area contributed by atoms with E-state index in [4.69, 9.17) is 4.74 Å². The highest BCUT2D eigenvalue weighted by Gasteiger charge is 2.31. The van der Waals surface area contributed by atoms with Crippen molar-refractivity contribution in [1.29, 1.82) is 0 Å². The number of hydrogen-bond donors (Lipinski definition) is 3. The van der Waals surface area contributed by atoms with Gasteiger partial charge in [-0.15, -0.1) is 0 Å². The minimum absolute atomic E-state index is 0.126. The lowest BCUT2D eigenvalue weighted by atomic mass is 9.94. The van der Waals surface area contributed by atoms with Crippen LogP contribution in [0.4, 0.5) is 21.9 Å². The summed E-state index contributed by atoms with van der Waals surface area (Å²) in [7, 11) is 0. The summed E-state index contributed by atoms with van der Waals surface area (Å²) in [4.78, 5) is 38.0. The zero-order valence-electron chi connectivity index (χ0n) is 17.5. The zero-order chi connectivity index (χ0) is 22.7. The van der Waals surface area contributed by atoms with Crippen molar-refractivity contribution in [2.24, 2.45) is 0 Å². The van der Waals surface area contributed by atoms with Gasteiger partial charge in [-0.25, -0.2) is 4.79 Å². The molecule has 0 bridgehead atoms. The van der Waals surface area contributed by atoms with Crippen molar-refractivity contribution >= 4 is 29.0 Å². The van der Waals surface area contributed by atoms with Gasteiger partial charge in [0.05, 0.1) is 29.8 Å². The molecule has 0 aliphatic carbocycles. The number of ether oxygens (including phenoxy) is 1. The molecular weight excluding hydrogens is 414 g/mol. The molecule has 4 rings (SSSR count). The first-order valence-electron chi connectivity index (χ1n) is 10.2. The van der Waals surface area contributed by atoms with Crippen LogP contribution in [-0.2, 0) is 9.53 Å². The third kappa shape index (κ3) is 4.54. The van der Waals surface area contributed by atoms with Gasteiger partial charge in [-0.3, -0.25) is 14.9 Å². The third-order valence-electron chi connectivity index (χ3n) is 5.43. The van der Waals surface area contributed by atoms with Gasteiger partial charge >= 0.3 is 6.03 Å². The number of nitro benzene ring substituents is 1. The summed E-state index contributed by atoms with van der Waals surface area (Å²) < 4.78 is 5.39. The molecule has 3 N–H and O–H groups in total. The minimum atomic E-state index is -0.666. The highest BCUT2D eigenvalue weighted by atomic mass is 16.6. The van der Waals surface area contributed by atoms with E-state index >= 15 is 0 Å². The van der Waals surface area contributed by atoms with Gasteiger partial charge < -0.3 is 25.6 Å². The summed E-state index contributed by atoms with van der Waals surface area (Å²) in [5.74, 6) is -0.460. The van der Waals surface area contributed by atoms with Crippen LogP contribution in [0.25, 0.3) is 0 Å². The summed E-state index contributed by atoms with van der Waals surface area (Å²) in [5, 5.41) is 19.1. The van der Waals surface area contributed by atoms with E-state index in [2.05, 4.69) is 20.9 Å². The number of nitro groups is 1. The Morgan fingerprint density at radius 2 is 1.91 bits per heavy atom. The van der Waals surface area contributed by atoms with Gasteiger partial charge in [0.25, 0.3) is 11.6 Å². The minimum Gasteiger partial charge on any atom is -0.378 e. The second-order valence-corrected chi connectivity index (χ2v) is 7.52. The van der Waals surface area contributed by atoms with E-state index in [9.17, 15) is 19.7 Å². The standard InChI is InChI=1S/C22H23N5O5/c1-14-19(21(28)24-16-3-2-4-18(13-16)27(30)31)20(25-22(29)23-14)15-5-7-17(8-6-15)26-9-11-32-12-10-26/h2-8,13,20H,9-12H2,1H3,(H,24,28)(H2,23,25,29)/t20-/m1/s1. The van der Waals surface area contributed by atoms with Crippen molar-refractivity contribution < 1.29 is 19.2 Å². The van der Waals surface area contributed by atoms with Crippen molar-refractivity contribution in [3.05, 3.63) is 75.5 Å². The van der Waals surface area contributed by atoms with Gasteiger partial charge in [-0.1, -0.05) is 18.2 Å².